The topological polar surface area (TPSA) is 82.4 Å². The van der Waals surface area contributed by atoms with Crippen LogP contribution in [0.15, 0.2) is 17.4 Å². The molecule has 0 aromatic carbocycles. The molecule has 1 aromatic heterocycles. The van der Waals surface area contributed by atoms with Crippen molar-refractivity contribution in [3.63, 3.8) is 0 Å². The highest BCUT2D eigenvalue weighted by molar-refractivity contribution is 6.33. The summed E-state index contributed by atoms with van der Waals surface area (Å²) in [6, 6.07) is 1.75. The Kier molecular flexibility index (Phi) is 4.11. The molecule has 0 bridgehead atoms. The Hall–Kier alpha value is -1.66. The van der Waals surface area contributed by atoms with Crippen molar-refractivity contribution in [1.29, 1.82) is 5.41 Å². The second-order valence-corrected chi connectivity index (χ2v) is 4.24. The van der Waals surface area contributed by atoms with Gasteiger partial charge in [-0.3, -0.25) is 5.43 Å². The van der Waals surface area contributed by atoms with Gasteiger partial charge in [-0.15, -0.1) is 0 Å². The van der Waals surface area contributed by atoms with Crippen LogP contribution in [-0.4, -0.2) is 37.2 Å². The van der Waals surface area contributed by atoms with Gasteiger partial charge in [0.15, 0.2) is 5.82 Å². The van der Waals surface area contributed by atoms with Crippen molar-refractivity contribution in [2.45, 2.75) is 0 Å². The van der Waals surface area contributed by atoms with E-state index in [0.717, 1.165) is 5.69 Å². The number of hydrogen-bond acceptors (Lipinski definition) is 6. The maximum absolute atomic E-state index is 7.30. The zero-order valence-corrected chi connectivity index (χ0v) is 10.7. The Bertz CT molecular complexity index is 473. The van der Waals surface area contributed by atoms with Gasteiger partial charge < -0.3 is 15.5 Å². The molecule has 2 rings (SSSR count). The van der Waals surface area contributed by atoms with Gasteiger partial charge in [0.05, 0.1) is 41.8 Å². The summed E-state index contributed by atoms with van der Waals surface area (Å²) in [5, 5.41) is 14.8. The zero-order chi connectivity index (χ0) is 13.0. The average molecular weight is 268 g/mol. The maximum Gasteiger partial charge on any atom is 0.165 e. The average Bonchev–Trinajstić information content (AvgIpc) is 2.33. The molecule has 1 fully saturated rings. The third-order valence-electron chi connectivity index (χ3n) is 2.62. The molecule has 0 spiro atoms. The number of hydrogen-bond donors (Lipinski definition) is 3. The third-order valence-corrected chi connectivity index (χ3v) is 2.91. The second-order valence-electron chi connectivity index (χ2n) is 3.83. The van der Waals surface area contributed by atoms with E-state index >= 15 is 0 Å². The molecule has 18 heavy (non-hydrogen) atoms. The quantitative estimate of drug-likeness (QED) is 0.562. The number of rotatable bonds is 5. The molecule has 2 heterocycles. The molecule has 1 saturated heterocycles. The van der Waals surface area contributed by atoms with Crippen molar-refractivity contribution in [3.8, 4) is 0 Å². The Morgan fingerprint density at radius 1 is 1.67 bits per heavy atom. The van der Waals surface area contributed by atoms with Gasteiger partial charge in [-0.05, 0) is 6.07 Å². The van der Waals surface area contributed by atoms with Crippen LogP contribution in [0.4, 0.5) is 11.5 Å². The molecule has 7 heteroatoms. The van der Waals surface area contributed by atoms with E-state index in [2.05, 4.69) is 20.8 Å². The summed E-state index contributed by atoms with van der Waals surface area (Å²) in [5.74, 6) is 0.653. The summed E-state index contributed by atoms with van der Waals surface area (Å²) in [6.45, 7) is 1.21. The molecule has 0 radical (unpaired) electrons. The second kappa shape index (κ2) is 5.79. The van der Waals surface area contributed by atoms with E-state index in [4.69, 9.17) is 21.7 Å². The first kappa shape index (κ1) is 12.8. The van der Waals surface area contributed by atoms with E-state index in [9.17, 15) is 0 Å². The van der Waals surface area contributed by atoms with Crippen LogP contribution in [0.25, 0.3) is 0 Å². The lowest BCUT2D eigenvalue weighted by Gasteiger charge is -2.25. The smallest absolute Gasteiger partial charge is 0.165 e. The maximum atomic E-state index is 7.30. The molecule has 0 amide bonds. The lowest BCUT2D eigenvalue weighted by molar-refractivity contribution is 0.00282. The predicted octanol–water partition coefficient (Wildman–Crippen LogP) is 1.84. The molecule has 96 valence electrons. The summed E-state index contributed by atoms with van der Waals surface area (Å²) in [4.78, 5) is 4.14. The first-order valence-electron chi connectivity index (χ1n) is 5.49. The van der Waals surface area contributed by atoms with Crippen LogP contribution >= 0.6 is 11.6 Å². The van der Waals surface area contributed by atoms with Crippen molar-refractivity contribution >= 4 is 35.0 Å². The molecule has 0 saturated carbocycles. The van der Waals surface area contributed by atoms with Crippen LogP contribution in [-0.2, 0) is 4.74 Å². The molecular weight excluding hydrogens is 254 g/mol. The monoisotopic (exact) mass is 267 g/mol. The van der Waals surface area contributed by atoms with Gasteiger partial charge in [0.25, 0.3) is 0 Å². The number of ether oxygens (including phenoxy) is 1. The standard InChI is InChI=1S/C11H14ClN5O/c1-14-8-2-9(12)11(15-4-8)17-16-10(3-13)7-5-18-6-7/h2-4,7,13-14H,5-6H2,1H3,(H,15,17)/b13-3?,16-10+. The summed E-state index contributed by atoms with van der Waals surface area (Å²) in [6.07, 6.45) is 2.87. The fourth-order valence-electron chi connectivity index (χ4n) is 1.42. The Balaban J connectivity index is 2.08. The number of hydrazone groups is 1. The number of anilines is 2. The van der Waals surface area contributed by atoms with Crippen LogP contribution in [0.5, 0.6) is 0 Å². The third kappa shape index (κ3) is 2.77. The minimum atomic E-state index is 0.186. The van der Waals surface area contributed by atoms with E-state index in [1.165, 1.54) is 6.21 Å². The molecule has 6 nitrogen and oxygen atoms in total. The lowest BCUT2D eigenvalue weighted by Crippen LogP contribution is -2.35. The fourth-order valence-corrected chi connectivity index (χ4v) is 1.63. The lowest BCUT2D eigenvalue weighted by atomic mass is 10.0. The highest BCUT2D eigenvalue weighted by Gasteiger charge is 2.23. The van der Waals surface area contributed by atoms with Gasteiger partial charge in [-0.1, -0.05) is 11.6 Å². The van der Waals surface area contributed by atoms with Gasteiger partial charge in [0.1, 0.15) is 0 Å². The molecule has 0 unspecified atom stereocenters. The normalized spacial score (nSPS) is 16.0. The van der Waals surface area contributed by atoms with Gasteiger partial charge >= 0.3 is 0 Å². The zero-order valence-electron chi connectivity index (χ0n) is 9.90. The minimum absolute atomic E-state index is 0.186. The van der Waals surface area contributed by atoms with Crippen LogP contribution in [0.2, 0.25) is 5.02 Å². The van der Waals surface area contributed by atoms with Crippen LogP contribution < -0.4 is 10.7 Å². The largest absolute Gasteiger partial charge is 0.387 e. The first-order chi connectivity index (χ1) is 8.74. The van der Waals surface area contributed by atoms with E-state index in [-0.39, 0.29) is 5.92 Å². The van der Waals surface area contributed by atoms with Gasteiger partial charge in [-0.2, -0.15) is 5.10 Å². The summed E-state index contributed by atoms with van der Waals surface area (Å²) in [5.41, 5.74) is 4.24. The van der Waals surface area contributed by atoms with Crippen LogP contribution in [0, 0.1) is 11.3 Å². The van der Waals surface area contributed by atoms with Gasteiger partial charge in [0, 0.05) is 13.3 Å². The van der Waals surface area contributed by atoms with Crippen molar-refractivity contribution in [3.05, 3.63) is 17.3 Å². The highest BCUT2D eigenvalue weighted by atomic mass is 35.5. The molecule has 1 aliphatic heterocycles. The predicted molar refractivity (Wildman–Crippen MR) is 72.9 cm³/mol. The molecular formula is C11H14ClN5O. The number of nitrogens with one attached hydrogen (secondary N) is 3. The van der Waals surface area contributed by atoms with Crippen molar-refractivity contribution < 1.29 is 4.74 Å². The minimum Gasteiger partial charge on any atom is -0.387 e. The Morgan fingerprint density at radius 2 is 2.44 bits per heavy atom. The van der Waals surface area contributed by atoms with E-state index in [0.29, 0.717) is 29.8 Å². The van der Waals surface area contributed by atoms with Crippen LogP contribution in [0.3, 0.4) is 0 Å². The Morgan fingerprint density at radius 3 is 2.94 bits per heavy atom. The summed E-state index contributed by atoms with van der Waals surface area (Å²) >= 11 is 6.05. The molecule has 1 aromatic rings. The fraction of sp³-hybridized carbons (Fsp3) is 0.364. The SMILES string of the molecule is CNc1cnc(N/N=C(\C=N)C2COC2)c(Cl)c1. The highest BCUT2D eigenvalue weighted by Crippen LogP contribution is 2.22. The molecule has 0 atom stereocenters. The number of halogens is 1. The van der Waals surface area contributed by atoms with Gasteiger partial charge in [-0.25, -0.2) is 4.98 Å². The van der Waals surface area contributed by atoms with Crippen molar-refractivity contribution in [2.24, 2.45) is 11.0 Å². The van der Waals surface area contributed by atoms with E-state index < -0.39 is 0 Å². The Labute approximate surface area is 110 Å². The molecule has 0 aliphatic carbocycles. The number of nitrogens with zero attached hydrogens (tertiary/aromatic N) is 2. The summed E-state index contributed by atoms with van der Waals surface area (Å²) < 4.78 is 5.06. The summed E-state index contributed by atoms with van der Waals surface area (Å²) in [7, 11) is 1.79. The van der Waals surface area contributed by atoms with E-state index in [1.54, 1.807) is 19.3 Å². The van der Waals surface area contributed by atoms with Crippen molar-refractivity contribution in [2.75, 3.05) is 31.0 Å². The first-order valence-corrected chi connectivity index (χ1v) is 5.87. The van der Waals surface area contributed by atoms with Crippen molar-refractivity contribution in [1.82, 2.24) is 4.98 Å². The van der Waals surface area contributed by atoms with Crippen LogP contribution in [0.1, 0.15) is 0 Å². The molecule has 1 aliphatic rings. The number of aromatic nitrogens is 1. The number of pyridine rings is 1. The van der Waals surface area contributed by atoms with E-state index in [1.807, 2.05) is 0 Å². The van der Waals surface area contributed by atoms with Gasteiger partial charge in [0.2, 0.25) is 0 Å². The molecule has 3 N–H and O–H groups in total.